The van der Waals surface area contributed by atoms with Crippen molar-refractivity contribution in [1.29, 1.82) is 0 Å². The maximum absolute atomic E-state index is 12.4. The number of sulfonamides is 1. The molecule has 1 saturated heterocycles. The van der Waals surface area contributed by atoms with Gasteiger partial charge in [0, 0.05) is 25.4 Å². The van der Waals surface area contributed by atoms with Gasteiger partial charge in [-0.25, -0.2) is 21.1 Å². The predicted molar refractivity (Wildman–Crippen MR) is 91.1 cm³/mol. The maximum atomic E-state index is 12.4. The Hall–Kier alpha value is -1.45. The topological polar surface area (TPSA) is 101 Å². The molecule has 1 fully saturated rings. The number of hydrogen-bond donors (Lipinski definition) is 1. The third kappa shape index (κ3) is 4.34. The van der Waals surface area contributed by atoms with E-state index in [-0.39, 0.29) is 22.3 Å². The average molecular weight is 374 g/mol. The van der Waals surface area contributed by atoms with Gasteiger partial charge in [0.15, 0.2) is 9.84 Å². The molecule has 2 rings (SSSR count). The number of sulfone groups is 1. The minimum atomic E-state index is -3.50. The van der Waals surface area contributed by atoms with Gasteiger partial charge in [-0.15, -0.1) is 0 Å². The first-order valence-corrected chi connectivity index (χ1v) is 11.2. The molecule has 0 unspecified atom stereocenters. The van der Waals surface area contributed by atoms with Crippen molar-refractivity contribution >= 4 is 25.8 Å². The second kappa shape index (κ2) is 7.20. The fourth-order valence-electron chi connectivity index (χ4n) is 2.70. The molecule has 24 heavy (non-hydrogen) atoms. The van der Waals surface area contributed by atoms with Gasteiger partial charge in [0.2, 0.25) is 10.0 Å². The Labute approximate surface area is 143 Å². The van der Waals surface area contributed by atoms with E-state index in [1.54, 1.807) is 19.1 Å². The highest BCUT2D eigenvalue weighted by atomic mass is 32.2. The summed E-state index contributed by atoms with van der Waals surface area (Å²) in [5.41, 5.74) is 0.114. The van der Waals surface area contributed by atoms with E-state index >= 15 is 0 Å². The lowest BCUT2D eigenvalue weighted by molar-refractivity contribution is 0.0920. The van der Waals surface area contributed by atoms with Gasteiger partial charge in [-0.2, -0.15) is 0 Å². The van der Waals surface area contributed by atoms with E-state index in [0.29, 0.717) is 25.9 Å². The van der Waals surface area contributed by atoms with Gasteiger partial charge in [-0.05, 0) is 31.9 Å². The molecule has 1 N–H and O–H groups in total. The van der Waals surface area contributed by atoms with Gasteiger partial charge in [-0.1, -0.05) is 12.1 Å². The lowest BCUT2D eigenvalue weighted by Gasteiger charge is -2.31. The molecule has 7 nitrogen and oxygen atoms in total. The highest BCUT2D eigenvalue weighted by Gasteiger charge is 2.28. The number of piperidine rings is 1. The molecular weight excluding hydrogens is 352 g/mol. The molecule has 1 amide bonds. The van der Waals surface area contributed by atoms with Crippen LogP contribution in [0.25, 0.3) is 0 Å². The summed E-state index contributed by atoms with van der Waals surface area (Å²) in [5.74, 6) is -0.390. The summed E-state index contributed by atoms with van der Waals surface area (Å²) in [6.07, 6.45) is 2.07. The van der Waals surface area contributed by atoms with Crippen LogP contribution in [0.3, 0.4) is 0 Å². The first kappa shape index (κ1) is 18.9. The largest absolute Gasteiger partial charge is 0.349 e. The number of nitrogens with zero attached hydrogens (tertiary/aromatic N) is 1. The molecule has 1 aliphatic heterocycles. The predicted octanol–water partition coefficient (Wildman–Crippen LogP) is 0.634. The van der Waals surface area contributed by atoms with E-state index < -0.39 is 25.8 Å². The van der Waals surface area contributed by atoms with Crippen molar-refractivity contribution in [3.8, 4) is 0 Å². The van der Waals surface area contributed by atoms with Crippen LogP contribution in [-0.4, -0.2) is 58.2 Å². The number of rotatable bonds is 5. The molecular formula is C15H22N2O5S2. The number of amides is 1. The zero-order chi connectivity index (χ0) is 18.0. The fraction of sp³-hybridized carbons (Fsp3) is 0.533. The summed E-state index contributed by atoms with van der Waals surface area (Å²) < 4.78 is 48.7. The first-order valence-electron chi connectivity index (χ1n) is 7.73. The normalized spacial score (nSPS) is 17.6. The zero-order valence-corrected chi connectivity index (χ0v) is 15.4. The van der Waals surface area contributed by atoms with E-state index in [1.807, 2.05) is 0 Å². The molecule has 9 heteroatoms. The molecule has 0 aromatic heterocycles. The quantitative estimate of drug-likeness (QED) is 0.815. The molecule has 0 atom stereocenters. The molecule has 0 saturated carbocycles. The van der Waals surface area contributed by atoms with Gasteiger partial charge >= 0.3 is 0 Å². The van der Waals surface area contributed by atoms with Crippen molar-refractivity contribution in [2.75, 3.05) is 25.1 Å². The minimum absolute atomic E-state index is 0.00602. The van der Waals surface area contributed by atoms with Gasteiger partial charge in [0.1, 0.15) is 0 Å². The Morgan fingerprint density at radius 3 is 2.29 bits per heavy atom. The summed E-state index contributed by atoms with van der Waals surface area (Å²) in [6, 6.07) is 5.89. The molecule has 0 spiro atoms. The summed E-state index contributed by atoms with van der Waals surface area (Å²) >= 11 is 0. The summed E-state index contributed by atoms with van der Waals surface area (Å²) in [6.45, 7) is 2.31. The first-order chi connectivity index (χ1) is 11.1. The van der Waals surface area contributed by atoms with E-state index in [2.05, 4.69) is 5.32 Å². The van der Waals surface area contributed by atoms with E-state index in [9.17, 15) is 21.6 Å². The maximum Gasteiger partial charge on any atom is 0.252 e. The summed E-state index contributed by atoms with van der Waals surface area (Å²) in [5, 5.41) is 2.81. The van der Waals surface area contributed by atoms with Gasteiger partial charge in [-0.3, -0.25) is 4.79 Å². The molecule has 0 bridgehead atoms. The second-order valence-electron chi connectivity index (χ2n) is 5.82. The fourth-order valence-corrected chi connectivity index (χ4v) is 4.72. The van der Waals surface area contributed by atoms with E-state index in [4.69, 9.17) is 0 Å². The molecule has 1 heterocycles. The molecule has 134 valence electrons. The number of carbonyl (C=O) groups excluding carboxylic acids is 1. The summed E-state index contributed by atoms with van der Waals surface area (Å²) in [4.78, 5) is 12.4. The zero-order valence-electron chi connectivity index (χ0n) is 13.7. The van der Waals surface area contributed by atoms with Crippen molar-refractivity contribution in [3.63, 3.8) is 0 Å². The van der Waals surface area contributed by atoms with Gasteiger partial charge in [0.05, 0.1) is 16.2 Å². The van der Waals surface area contributed by atoms with Crippen molar-refractivity contribution in [2.45, 2.75) is 30.7 Å². The lowest BCUT2D eigenvalue weighted by atomic mass is 10.1. The third-order valence-corrected chi connectivity index (χ3v) is 7.11. The highest BCUT2D eigenvalue weighted by Crippen LogP contribution is 2.18. The lowest BCUT2D eigenvalue weighted by Crippen LogP contribution is -2.47. The Morgan fingerprint density at radius 1 is 1.17 bits per heavy atom. The van der Waals surface area contributed by atoms with E-state index in [1.165, 1.54) is 16.4 Å². The Bertz CT molecular complexity index is 810. The van der Waals surface area contributed by atoms with Crippen LogP contribution in [0.2, 0.25) is 0 Å². The summed E-state index contributed by atoms with van der Waals surface area (Å²) in [7, 11) is -6.71. The monoisotopic (exact) mass is 374 g/mol. The minimum Gasteiger partial charge on any atom is -0.349 e. The second-order valence-corrected chi connectivity index (χ2v) is 10.1. The van der Waals surface area contributed by atoms with Crippen molar-refractivity contribution in [3.05, 3.63) is 29.8 Å². The Balaban J connectivity index is 2.06. The smallest absolute Gasteiger partial charge is 0.252 e. The van der Waals surface area contributed by atoms with E-state index in [0.717, 1.165) is 6.26 Å². The van der Waals surface area contributed by atoms with Crippen LogP contribution in [0.15, 0.2) is 29.2 Å². The van der Waals surface area contributed by atoms with Crippen LogP contribution in [0.4, 0.5) is 0 Å². The molecule has 1 aromatic carbocycles. The van der Waals surface area contributed by atoms with Crippen molar-refractivity contribution in [2.24, 2.45) is 0 Å². The number of hydrogen-bond acceptors (Lipinski definition) is 5. The average Bonchev–Trinajstić information content (AvgIpc) is 2.54. The Morgan fingerprint density at radius 2 is 1.75 bits per heavy atom. The van der Waals surface area contributed by atoms with Crippen LogP contribution in [0.5, 0.6) is 0 Å². The van der Waals surface area contributed by atoms with Crippen molar-refractivity contribution < 1.29 is 21.6 Å². The van der Waals surface area contributed by atoms with Gasteiger partial charge in [0.25, 0.3) is 5.91 Å². The third-order valence-electron chi connectivity index (χ3n) is 4.08. The number of nitrogens with one attached hydrogen (secondary N) is 1. The van der Waals surface area contributed by atoms with Crippen LogP contribution >= 0.6 is 0 Å². The number of carbonyl (C=O) groups is 1. The molecule has 1 aliphatic rings. The van der Waals surface area contributed by atoms with Crippen LogP contribution in [0.1, 0.15) is 30.1 Å². The number of benzene rings is 1. The highest BCUT2D eigenvalue weighted by molar-refractivity contribution is 7.90. The van der Waals surface area contributed by atoms with Crippen LogP contribution in [-0.2, 0) is 19.9 Å². The molecule has 0 aliphatic carbocycles. The molecule has 0 radical (unpaired) electrons. The SMILES string of the molecule is CCS(=O)(=O)N1CCC(NC(=O)c2ccccc2S(C)(=O)=O)CC1. The molecule has 1 aromatic rings. The van der Waals surface area contributed by atoms with Crippen molar-refractivity contribution in [1.82, 2.24) is 9.62 Å². The van der Waals surface area contributed by atoms with Crippen LogP contribution < -0.4 is 5.32 Å². The Kier molecular flexibility index (Phi) is 5.67. The standard InChI is InChI=1S/C15H22N2O5S2/c1-3-24(21,22)17-10-8-12(9-11-17)16-15(18)13-6-4-5-7-14(13)23(2,19)20/h4-7,12H,3,8-11H2,1-2H3,(H,16,18). The van der Waals surface area contributed by atoms with Crippen LogP contribution in [0, 0.1) is 0 Å². The van der Waals surface area contributed by atoms with Gasteiger partial charge < -0.3 is 5.32 Å².